The Morgan fingerprint density at radius 1 is 0.629 bits per heavy atom. The quantitative estimate of drug-likeness (QED) is 0.116. The van der Waals surface area contributed by atoms with E-state index in [2.05, 4.69) is 13.8 Å². The van der Waals surface area contributed by atoms with E-state index in [-0.39, 0.29) is 0 Å². The average Bonchev–Trinajstić information content (AvgIpc) is 2.82. The molecular formula is C31H56O4. The Bertz CT molecular complexity index is 625. The molecule has 0 amide bonds. The highest BCUT2D eigenvalue weighted by atomic mass is 16.4. The van der Waals surface area contributed by atoms with Crippen LogP contribution in [-0.2, 0) is 9.59 Å². The minimum absolute atomic E-state index is 0.356. The lowest BCUT2D eigenvalue weighted by Gasteiger charge is -2.48. The number of rotatable bonds is 22. The fourth-order valence-corrected chi connectivity index (χ4v) is 6.19. The second kappa shape index (κ2) is 18.0. The largest absolute Gasteiger partial charge is 0.481 e. The molecule has 0 saturated heterocycles. The Hall–Kier alpha value is -1.32. The second-order valence-corrected chi connectivity index (χ2v) is 11.4. The van der Waals surface area contributed by atoms with E-state index in [9.17, 15) is 19.8 Å². The summed E-state index contributed by atoms with van der Waals surface area (Å²) in [6, 6.07) is 0. The molecule has 35 heavy (non-hydrogen) atoms. The lowest BCUT2D eigenvalue weighted by molar-refractivity contribution is -0.177. The van der Waals surface area contributed by atoms with Gasteiger partial charge in [-0.05, 0) is 32.6 Å². The number of aliphatic carboxylic acids is 2. The van der Waals surface area contributed by atoms with E-state index >= 15 is 0 Å². The van der Waals surface area contributed by atoms with Crippen LogP contribution in [0.3, 0.4) is 0 Å². The number of allylic oxidation sites excluding steroid dienone is 2. The molecule has 1 aliphatic rings. The van der Waals surface area contributed by atoms with E-state index in [0.29, 0.717) is 25.7 Å². The highest BCUT2D eigenvalue weighted by Crippen LogP contribution is 2.56. The first-order valence-electron chi connectivity index (χ1n) is 15.0. The van der Waals surface area contributed by atoms with Crippen LogP contribution in [-0.4, -0.2) is 22.2 Å². The maximum absolute atomic E-state index is 12.8. The first kappa shape index (κ1) is 31.7. The van der Waals surface area contributed by atoms with Gasteiger partial charge in [0.2, 0.25) is 0 Å². The topological polar surface area (TPSA) is 74.6 Å². The lowest BCUT2D eigenvalue weighted by Crippen LogP contribution is -2.54. The van der Waals surface area contributed by atoms with Gasteiger partial charge in [0.15, 0.2) is 0 Å². The zero-order valence-corrected chi connectivity index (χ0v) is 23.3. The highest BCUT2D eigenvalue weighted by molar-refractivity contribution is 5.87. The Kier molecular flexibility index (Phi) is 16.3. The Morgan fingerprint density at radius 3 is 1.34 bits per heavy atom. The van der Waals surface area contributed by atoms with Gasteiger partial charge in [-0.25, -0.2) is 0 Å². The maximum atomic E-state index is 12.8. The zero-order valence-electron chi connectivity index (χ0n) is 23.3. The molecule has 1 aliphatic carbocycles. The summed E-state index contributed by atoms with van der Waals surface area (Å²) in [6.45, 7) is 6.43. The molecule has 0 aromatic heterocycles. The number of unbranched alkanes of at least 4 members (excludes halogenated alkanes) is 16. The number of carboxylic acid groups (broad SMARTS) is 2. The monoisotopic (exact) mass is 492 g/mol. The van der Waals surface area contributed by atoms with Crippen LogP contribution in [0, 0.1) is 10.8 Å². The molecule has 0 radical (unpaired) electrons. The van der Waals surface area contributed by atoms with Crippen molar-refractivity contribution in [3.8, 4) is 0 Å². The van der Waals surface area contributed by atoms with Gasteiger partial charge in [0, 0.05) is 0 Å². The van der Waals surface area contributed by atoms with Crippen molar-refractivity contribution in [3.05, 3.63) is 11.6 Å². The summed E-state index contributed by atoms with van der Waals surface area (Å²) < 4.78 is 0. The van der Waals surface area contributed by atoms with Crippen LogP contribution in [0.5, 0.6) is 0 Å². The van der Waals surface area contributed by atoms with Gasteiger partial charge in [0.25, 0.3) is 0 Å². The third-order valence-electron chi connectivity index (χ3n) is 8.53. The minimum Gasteiger partial charge on any atom is -0.481 e. The summed E-state index contributed by atoms with van der Waals surface area (Å²) in [6.07, 6.45) is 24.8. The molecule has 2 atom stereocenters. The maximum Gasteiger partial charge on any atom is 0.311 e. The fourth-order valence-electron chi connectivity index (χ4n) is 6.19. The predicted molar refractivity (Wildman–Crippen MR) is 147 cm³/mol. The van der Waals surface area contributed by atoms with Crippen LogP contribution in [0.15, 0.2) is 11.6 Å². The van der Waals surface area contributed by atoms with E-state index in [4.69, 9.17) is 0 Å². The Morgan fingerprint density at radius 2 is 0.971 bits per heavy atom. The second-order valence-electron chi connectivity index (χ2n) is 11.4. The normalized spacial score (nSPS) is 22.2. The van der Waals surface area contributed by atoms with E-state index in [1.165, 1.54) is 77.0 Å². The lowest BCUT2D eigenvalue weighted by atomic mass is 9.52. The first-order valence-corrected chi connectivity index (χ1v) is 15.0. The SMILES string of the molecule is CCCCCCCCCCCC1(C(=O)O)CC=C(C)CC1(CCCCCCCCCCC)C(=O)O. The van der Waals surface area contributed by atoms with Crippen molar-refractivity contribution >= 4 is 11.9 Å². The molecule has 0 aromatic rings. The van der Waals surface area contributed by atoms with Gasteiger partial charge in [-0.2, -0.15) is 0 Å². The molecule has 1 rings (SSSR count). The summed E-state index contributed by atoms with van der Waals surface area (Å²) in [7, 11) is 0. The molecule has 0 saturated carbocycles. The number of hydrogen-bond donors (Lipinski definition) is 2. The van der Waals surface area contributed by atoms with Crippen molar-refractivity contribution in [2.75, 3.05) is 0 Å². The smallest absolute Gasteiger partial charge is 0.311 e. The van der Waals surface area contributed by atoms with Crippen LogP contribution in [0.1, 0.15) is 162 Å². The zero-order chi connectivity index (χ0) is 26.0. The fraction of sp³-hybridized carbons (Fsp3) is 0.871. The molecule has 0 aliphatic heterocycles. The van der Waals surface area contributed by atoms with Crippen molar-refractivity contribution in [3.63, 3.8) is 0 Å². The van der Waals surface area contributed by atoms with Crippen LogP contribution >= 0.6 is 0 Å². The first-order chi connectivity index (χ1) is 16.9. The van der Waals surface area contributed by atoms with Gasteiger partial charge < -0.3 is 10.2 Å². The molecule has 2 unspecified atom stereocenters. The van der Waals surface area contributed by atoms with E-state index in [1.54, 1.807) is 0 Å². The molecule has 4 heteroatoms. The highest BCUT2D eigenvalue weighted by Gasteiger charge is 2.61. The number of carbonyl (C=O) groups is 2. The summed E-state index contributed by atoms with van der Waals surface area (Å²) in [5, 5.41) is 20.9. The van der Waals surface area contributed by atoms with Gasteiger partial charge >= 0.3 is 11.9 Å². The Balaban J connectivity index is 2.68. The predicted octanol–water partition coefficient (Wildman–Crippen LogP) is 9.71. The van der Waals surface area contributed by atoms with E-state index < -0.39 is 22.8 Å². The molecule has 2 N–H and O–H groups in total. The Labute approximate surface area is 216 Å². The standard InChI is InChI=1S/C31H56O4/c1-4-6-8-10-12-14-16-18-20-23-30(28(32)33)25-22-27(3)26-31(30,29(34)35)24-21-19-17-15-13-11-9-7-5-2/h22H,4-21,23-26H2,1-3H3,(H,32,33)(H,34,35). The molecule has 0 fully saturated rings. The van der Waals surface area contributed by atoms with E-state index in [0.717, 1.165) is 44.1 Å². The minimum atomic E-state index is -1.18. The van der Waals surface area contributed by atoms with Crippen molar-refractivity contribution in [2.45, 2.75) is 162 Å². The van der Waals surface area contributed by atoms with Crippen molar-refractivity contribution < 1.29 is 19.8 Å². The van der Waals surface area contributed by atoms with Gasteiger partial charge in [0.05, 0.1) is 10.8 Å². The van der Waals surface area contributed by atoms with Gasteiger partial charge in [-0.15, -0.1) is 0 Å². The van der Waals surface area contributed by atoms with Crippen LogP contribution in [0.25, 0.3) is 0 Å². The molecule has 4 nitrogen and oxygen atoms in total. The molecular weight excluding hydrogens is 436 g/mol. The number of hydrogen-bond acceptors (Lipinski definition) is 2. The van der Waals surface area contributed by atoms with Crippen LogP contribution in [0.2, 0.25) is 0 Å². The van der Waals surface area contributed by atoms with E-state index in [1.807, 2.05) is 13.0 Å². The van der Waals surface area contributed by atoms with Gasteiger partial charge in [-0.3, -0.25) is 9.59 Å². The third-order valence-corrected chi connectivity index (χ3v) is 8.53. The molecule has 0 bridgehead atoms. The molecule has 0 spiro atoms. The molecule has 0 aromatic carbocycles. The molecule has 204 valence electrons. The average molecular weight is 493 g/mol. The molecule has 0 heterocycles. The number of carboxylic acids is 2. The van der Waals surface area contributed by atoms with Crippen molar-refractivity contribution in [1.82, 2.24) is 0 Å². The summed E-state index contributed by atoms with van der Waals surface area (Å²) >= 11 is 0. The van der Waals surface area contributed by atoms with Crippen molar-refractivity contribution in [2.24, 2.45) is 10.8 Å². The van der Waals surface area contributed by atoms with Crippen molar-refractivity contribution in [1.29, 1.82) is 0 Å². The summed E-state index contributed by atoms with van der Waals surface area (Å²) in [5.41, 5.74) is -1.33. The summed E-state index contributed by atoms with van der Waals surface area (Å²) in [5.74, 6) is -1.80. The summed E-state index contributed by atoms with van der Waals surface area (Å²) in [4.78, 5) is 25.5. The van der Waals surface area contributed by atoms with Gasteiger partial charge in [-0.1, -0.05) is 141 Å². The van der Waals surface area contributed by atoms with Gasteiger partial charge in [0.1, 0.15) is 0 Å². The van der Waals surface area contributed by atoms with Crippen LogP contribution in [0.4, 0.5) is 0 Å². The third kappa shape index (κ3) is 10.3. The van der Waals surface area contributed by atoms with Crippen LogP contribution < -0.4 is 0 Å².